The highest BCUT2D eigenvalue weighted by atomic mass is 16.7. The van der Waals surface area contributed by atoms with E-state index in [1.54, 1.807) is 0 Å². The van der Waals surface area contributed by atoms with Crippen molar-refractivity contribution in [2.24, 2.45) is 10.2 Å². The number of nitro benzene ring substituents is 1. The third-order valence-electron chi connectivity index (χ3n) is 6.57. The Bertz CT molecular complexity index is 1370. The van der Waals surface area contributed by atoms with Gasteiger partial charge in [0.05, 0.1) is 23.3 Å². The van der Waals surface area contributed by atoms with Gasteiger partial charge in [0, 0.05) is 55.3 Å². The summed E-state index contributed by atoms with van der Waals surface area (Å²) in [5.41, 5.74) is 3.38. The first-order valence-corrected chi connectivity index (χ1v) is 12.4. The van der Waals surface area contributed by atoms with E-state index in [-0.39, 0.29) is 30.5 Å². The molecule has 12 nitrogen and oxygen atoms in total. The number of imide groups is 1. The first-order valence-electron chi connectivity index (χ1n) is 12.4. The molecule has 0 atom stereocenters. The predicted octanol–water partition coefficient (Wildman–Crippen LogP) is 5.41. The number of carbonyl (C=O) groups is 3. The van der Waals surface area contributed by atoms with Crippen LogP contribution in [0.15, 0.2) is 52.7 Å². The van der Waals surface area contributed by atoms with E-state index in [1.807, 2.05) is 19.1 Å². The van der Waals surface area contributed by atoms with E-state index >= 15 is 0 Å². The van der Waals surface area contributed by atoms with Gasteiger partial charge in [-0.3, -0.25) is 19.7 Å². The Balaban J connectivity index is 1.52. The Morgan fingerprint density at radius 3 is 2.38 bits per heavy atom. The van der Waals surface area contributed by atoms with Crippen LogP contribution < -0.4 is 9.64 Å². The van der Waals surface area contributed by atoms with Gasteiger partial charge in [-0.1, -0.05) is 6.08 Å². The number of benzene rings is 2. The minimum absolute atomic E-state index is 0.0281. The lowest BCUT2D eigenvalue weighted by Crippen LogP contribution is -2.45. The average Bonchev–Trinajstić information content (AvgIpc) is 3.20. The summed E-state index contributed by atoms with van der Waals surface area (Å²) < 4.78 is 5.61. The summed E-state index contributed by atoms with van der Waals surface area (Å²) >= 11 is 0. The van der Waals surface area contributed by atoms with Crippen LogP contribution in [-0.2, 0) is 19.2 Å². The SMILES string of the molecule is COc1cc2c(cc1/N=N/c1ccc([N+](=O)[O-])cc1)C(C)=CC(C)(C)N2CCCC(=O)ON1C(=O)CCC1=O. The minimum Gasteiger partial charge on any atom is -0.494 e. The van der Waals surface area contributed by atoms with Gasteiger partial charge in [-0.2, -0.15) is 5.11 Å². The molecule has 0 radical (unpaired) electrons. The molecule has 2 aliphatic rings. The van der Waals surface area contributed by atoms with E-state index in [1.165, 1.54) is 31.4 Å². The molecule has 0 unspecified atom stereocenters. The van der Waals surface area contributed by atoms with Gasteiger partial charge in [0.15, 0.2) is 0 Å². The van der Waals surface area contributed by atoms with Gasteiger partial charge in [0.25, 0.3) is 17.5 Å². The second-order valence-corrected chi connectivity index (χ2v) is 9.80. The number of amides is 2. The maximum absolute atomic E-state index is 12.3. The number of hydrogen-bond donors (Lipinski definition) is 0. The van der Waals surface area contributed by atoms with Crippen LogP contribution in [0.2, 0.25) is 0 Å². The lowest BCUT2D eigenvalue weighted by atomic mass is 9.88. The fourth-order valence-electron chi connectivity index (χ4n) is 4.68. The van der Waals surface area contributed by atoms with Gasteiger partial charge in [-0.25, -0.2) is 4.79 Å². The van der Waals surface area contributed by atoms with Gasteiger partial charge in [0.2, 0.25) is 0 Å². The summed E-state index contributed by atoms with van der Waals surface area (Å²) in [6.45, 7) is 6.62. The standard InChI is InChI=1S/C27H29N5O7/c1-17-16-27(2,3)30(13-5-6-26(35)39-31-24(33)11-12-25(31)34)22-15-23(38-4)21(14-20(17)22)29-28-18-7-9-19(10-8-18)32(36)37/h7-10,14-16H,5-6,11-13H2,1-4H3/b29-28+. The molecule has 0 spiro atoms. The number of anilines is 1. The zero-order valence-corrected chi connectivity index (χ0v) is 22.2. The zero-order valence-electron chi connectivity index (χ0n) is 22.2. The van der Waals surface area contributed by atoms with Gasteiger partial charge in [-0.05, 0) is 51.0 Å². The summed E-state index contributed by atoms with van der Waals surface area (Å²) in [7, 11) is 1.53. The monoisotopic (exact) mass is 535 g/mol. The highest BCUT2D eigenvalue weighted by molar-refractivity contribution is 6.01. The van der Waals surface area contributed by atoms with Crippen molar-refractivity contribution in [3.05, 3.63) is 58.2 Å². The van der Waals surface area contributed by atoms with Crippen LogP contribution in [0.25, 0.3) is 5.57 Å². The first kappa shape index (κ1) is 27.4. The summed E-state index contributed by atoms with van der Waals surface area (Å²) in [6, 6.07) is 9.50. The van der Waals surface area contributed by atoms with Crippen molar-refractivity contribution in [1.82, 2.24) is 5.06 Å². The molecule has 2 aromatic rings. The molecular weight excluding hydrogens is 506 g/mol. The van der Waals surface area contributed by atoms with Crippen LogP contribution in [0.4, 0.5) is 22.7 Å². The van der Waals surface area contributed by atoms with E-state index in [0.29, 0.717) is 35.2 Å². The molecule has 2 aliphatic heterocycles. The van der Waals surface area contributed by atoms with Crippen LogP contribution in [-0.4, -0.2) is 47.0 Å². The van der Waals surface area contributed by atoms with Crippen molar-refractivity contribution in [2.75, 3.05) is 18.6 Å². The van der Waals surface area contributed by atoms with E-state index in [9.17, 15) is 24.5 Å². The number of methoxy groups -OCH3 is 1. The highest BCUT2D eigenvalue weighted by Gasteiger charge is 2.34. The molecule has 39 heavy (non-hydrogen) atoms. The topological polar surface area (TPSA) is 144 Å². The summed E-state index contributed by atoms with van der Waals surface area (Å²) in [5.74, 6) is -1.16. The van der Waals surface area contributed by atoms with E-state index in [0.717, 1.165) is 16.8 Å². The Hall–Kier alpha value is -4.61. The molecule has 0 aromatic heterocycles. The second kappa shape index (κ2) is 11.0. The summed E-state index contributed by atoms with van der Waals surface area (Å²) in [6.07, 6.45) is 2.68. The van der Waals surface area contributed by atoms with E-state index in [4.69, 9.17) is 9.57 Å². The molecule has 1 fully saturated rings. The van der Waals surface area contributed by atoms with Gasteiger partial charge >= 0.3 is 5.97 Å². The van der Waals surface area contributed by atoms with Crippen LogP contribution in [0, 0.1) is 10.1 Å². The van der Waals surface area contributed by atoms with E-state index in [2.05, 4.69) is 35.1 Å². The number of non-ortho nitro benzene ring substituents is 1. The molecule has 0 saturated carbocycles. The number of nitrogens with zero attached hydrogens (tertiary/aromatic N) is 5. The number of ether oxygens (including phenoxy) is 1. The summed E-state index contributed by atoms with van der Waals surface area (Å²) in [4.78, 5) is 53.3. The molecule has 1 saturated heterocycles. The number of allylic oxidation sites excluding steroid dienone is 1. The molecule has 12 heteroatoms. The van der Waals surface area contributed by atoms with Gasteiger partial charge in [0.1, 0.15) is 11.4 Å². The molecule has 2 amide bonds. The van der Waals surface area contributed by atoms with Crippen molar-refractivity contribution in [1.29, 1.82) is 0 Å². The van der Waals surface area contributed by atoms with Crippen LogP contribution in [0.5, 0.6) is 5.75 Å². The highest BCUT2D eigenvalue weighted by Crippen LogP contribution is 2.45. The Morgan fingerprint density at radius 1 is 1.10 bits per heavy atom. The molecule has 4 rings (SSSR count). The second-order valence-electron chi connectivity index (χ2n) is 9.80. The van der Waals surface area contributed by atoms with Crippen LogP contribution in [0.3, 0.4) is 0 Å². The maximum atomic E-state index is 12.3. The van der Waals surface area contributed by atoms with Crippen molar-refractivity contribution in [3.8, 4) is 5.75 Å². The van der Waals surface area contributed by atoms with Crippen molar-refractivity contribution < 1.29 is 28.9 Å². The number of fused-ring (bicyclic) bond motifs is 1. The van der Waals surface area contributed by atoms with Crippen molar-refractivity contribution >= 4 is 46.1 Å². The molecule has 0 N–H and O–H groups in total. The minimum atomic E-state index is -0.639. The zero-order chi connectivity index (χ0) is 28.3. The smallest absolute Gasteiger partial charge is 0.333 e. The molecule has 0 aliphatic carbocycles. The average molecular weight is 536 g/mol. The molecule has 2 heterocycles. The Labute approximate surface area is 225 Å². The molecule has 204 valence electrons. The van der Waals surface area contributed by atoms with Crippen molar-refractivity contribution in [3.63, 3.8) is 0 Å². The third kappa shape index (κ3) is 5.95. The maximum Gasteiger partial charge on any atom is 0.333 e. The molecular formula is C27H29N5O7. The lowest BCUT2D eigenvalue weighted by molar-refractivity contribution is -0.384. The fraction of sp³-hybridized carbons (Fsp3) is 0.370. The van der Waals surface area contributed by atoms with Gasteiger partial charge < -0.3 is 14.5 Å². The Kier molecular flexibility index (Phi) is 7.75. The number of azo groups is 1. The number of nitro groups is 1. The normalized spacial score (nSPS) is 16.4. The number of hydrogen-bond acceptors (Lipinski definition) is 10. The van der Waals surface area contributed by atoms with Crippen LogP contribution >= 0.6 is 0 Å². The number of carbonyl (C=O) groups excluding carboxylic acids is 3. The molecule has 0 bridgehead atoms. The predicted molar refractivity (Wildman–Crippen MR) is 142 cm³/mol. The fourth-order valence-corrected chi connectivity index (χ4v) is 4.68. The lowest BCUT2D eigenvalue weighted by Gasteiger charge is -2.43. The van der Waals surface area contributed by atoms with Gasteiger partial charge in [-0.15, -0.1) is 10.2 Å². The number of rotatable bonds is 9. The van der Waals surface area contributed by atoms with Crippen molar-refractivity contribution in [2.45, 2.75) is 52.0 Å². The number of hydroxylamine groups is 2. The first-order chi connectivity index (χ1) is 18.5. The Morgan fingerprint density at radius 2 is 1.77 bits per heavy atom. The van der Waals surface area contributed by atoms with Crippen LogP contribution in [0.1, 0.15) is 52.0 Å². The quantitative estimate of drug-likeness (QED) is 0.179. The summed E-state index contributed by atoms with van der Waals surface area (Å²) in [5, 5.41) is 20.0. The third-order valence-corrected chi connectivity index (χ3v) is 6.57. The molecule has 2 aromatic carbocycles. The van der Waals surface area contributed by atoms with E-state index < -0.39 is 22.7 Å². The largest absolute Gasteiger partial charge is 0.494 e.